The van der Waals surface area contributed by atoms with Crippen molar-refractivity contribution in [3.8, 4) is 0 Å². The van der Waals surface area contributed by atoms with Crippen LogP contribution in [-0.2, 0) is 30.5 Å². The van der Waals surface area contributed by atoms with Crippen LogP contribution >= 0.6 is 11.8 Å². The fourth-order valence-corrected chi connectivity index (χ4v) is 6.46. The summed E-state index contributed by atoms with van der Waals surface area (Å²) in [6, 6.07) is -0.839. The Balaban J connectivity index is 1.89. The zero-order valence-electron chi connectivity index (χ0n) is 19.3. The van der Waals surface area contributed by atoms with E-state index < -0.39 is 52.0 Å². The standard InChI is InChI=1S/C21H36N2O8S2/c1-21(2,3)33(28)23(30-13-24)15-6-4-5-14(11-22-7-9-29-10-8-22)12-32-20-18(27)16(25)17(26)19(15)31-20/h4-5,13-20,25-27H,6-12H2,1-3H3/b5-4+/t14-,15-,16+,17-,18-,19-,20-,33-/m1/s1. The Bertz CT molecular complexity index is 661. The molecule has 12 heteroatoms. The first-order valence-corrected chi connectivity index (χ1v) is 13.4. The lowest BCUT2D eigenvalue weighted by molar-refractivity contribution is -0.229. The molecular weight excluding hydrogens is 472 g/mol. The Morgan fingerprint density at radius 1 is 1.24 bits per heavy atom. The zero-order chi connectivity index (χ0) is 24.2. The number of hydroxylamine groups is 1. The first kappa shape index (κ1) is 27.2. The Morgan fingerprint density at radius 2 is 1.94 bits per heavy atom. The normalized spacial score (nSPS) is 38.5. The topological polar surface area (TPSA) is 135 Å². The van der Waals surface area contributed by atoms with E-state index >= 15 is 0 Å². The minimum atomic E-state index is -1.77. The molecule has 3 N–H and O–H groups in total. The predicted molar refractivity (Wildman–Crippen MR) is 124 cm³/mol. The molecule has 0 aliphatic carbocycles. The minimum absolute atomic E-state index is 0.138. The molecule has 190 valence electrons. The third-order valence-corrected chi connectivity index (χ3v) is 9.02. The van der Waals surface area contributed by atoms with Gasteiger partial charge in [-0.2, -0.15) is 0 Å². The van der Waals surface area contributed by atoms with Gasteiger partial charge in [0.25, 0.3) is 0 Å². The molecule has 10 nitrogen and oxygen atoms in total. The van der Waals surface area contributed by atoms with Crippen LogP contribution in [0.4, 0.5) is 0 Å². The summed E-state index contributed by atoms with van der Waals surface area (Å²) in [5.41, 5.74) is -0.796. The Kier molecular flexibility index (Phi) is 9.90. The lowest BCUT2D eigenvalue weighted by Crippen LogP contribution is -2.64. The van der Waals surface area contributed by atoms with Gasteiger partial charge in [0, 0.05) is 25.4 Å². The van der Waals surface area contributed by atoms with Gasteiger partial charge in [-0.1, -0.05) is 12.2 Å². The number of ether oxygens (including phenoxy) is 2. The van der Waals surface area contributed by atoms with Gasteiger partial charge < -0.3 is 34.2 Å². The van der Waals surface area contributed by atoms with Crippen molar-refractivity contribution in [2.45, 2.75) is 67.8 Å². The second kappa shape index (κ2) is 12.0. The van der Waals surface area contributed by atoms with E-state index in [-0.39, 0.29) is 18.8 Å². The summed E-state index contributed by atoms with van der Waals surface area (Å²) >= 11 is -0.404. The Labute approximate surface area is 202 Å². The van der Waals surface area contributed by atoms with Gasteiger partial charge in [0.15, 0.2) is 0 Å². The van der Waals surface area contributed by atoms with Gasteiger partial charge in [0.05, 0.1) is 29.0 Å². The summed E-state index contributed by atoms with van der Waals surface area (Å²) in [5.74, 6) is 0.789. The number of morpholine rings is 1. The summed E-state index contributed by atoms with van der Waals surface area (Å²) in [6.07, 6.45) is -0.970. The van der Waals surface area contributed by atoms with Gasteiger partial charge in [-0.15, -0.1) is 11.8 Å². The lowest BCUT2D eigenvalue weighted by atomic mass is 9.93. The fraction of sp³-hybridized carbons (Fsp3) is 0.857. The Morgan fingerprint density at radius 3 is 2.58 bits per heavy atom. The van der Waals surface area contributed by atoms with E-state index in [9.17, 15) is 24.7 Å². The molecule has 8 atom stereocenters. The van der Waals surface area contributed by atoms with E-state index in [2.05, 4.69) is 11.0 Å². The van der Waals surface area contributed by atoms with Gasteiger partial charge in [-0.25, -0.2) is 0 Å². The third-order valence-electron chi connectivity index (χ3n) is 5.95. The van der Waals surface area contributed by atoms with Crippen molar-refractivity contribution in [2.24, 2.45) is 5.92 Å². The number of aliphatic hydroxyl groups excluding tert-OH is 3. The van der Waals surface area contributed by atoms with Crippen LogP contribution in [-0.4, -0.2) is 115 Å². The molecule has 0 aromatic rings. The maximum atomic E-state index is 13.2. The van der Waals surface area contributed by atoms with E-state index in [1.807, 2.05) is 6.08 Å². The van der Waals surface area contributed by atoms with Crippen molar-refractivity contribution < 1.29 is 39.0 Å². The van der Waals surface area contributed by atoms with E-state index in [0.29, 0.717) is 19.0 Å². The smallest absolute Gasteiger partial charge is 0.318 e. The largest absolute Gasteiger partial charge is 0.595 e. The monoisotopic (exact) mass is 508 g/mol. The molecule has 33 heavy (non-hydrogen) atoms. The van der Waals surface area contributed by atoms with Crippen LogP contribution in [0.5, 0.6) is 0 Å². The van der Waals surface area contributed by atoms with Crippen molar-refractivity contribution in [1.82, 2.24) is 9.37 Å². The van der Waals surface area contributed by atoms with Crippen molar-refractivity contribution in [3.63, 3.8) is 0 Å². The number of fused-ring (bicyclic) bond motifs is 2. The van der Waals surface area contributed by atoms with Crippen LogP contribution in [0.1, 0.15) is 27.2 Å². The average molecular weight is 509 g/mol. The molecule has 3 aliphatic rings. The number of carbonyl (C=O) groups is 1. The average Bonchev–Trinajstić information content (AvgIpc) is 2.78. The SMILES string of the molecule is CC(C)(C)[S@@+]([O-])N(OC=O)[C@@H]1C/C=C/[C@H](CN2CCOCC2)CS[C@H]2O[C@H]1[C@H](O)[C@H](O)[C@H]2O. The van der Waals surface area contributed by atoms with Crippen molar-refractivity contribution >= 4 is 29.6 Å². The van der Waals surface area contributed by atoms with Crippen LogP contribution in [0.2, 0.25) is 0 Å². The number of thioether (sulfide) groups is 1. The maximum absolute atomic E-state index is 13.2. The van der Waals surface area contributed by atoms with Gasteiger partial charge in [-0.3, -0.25) is 9.69 Å². The highest BCUT2D eigenvalue weighted by Crippen LogP contribution is 2.36. The third kappa shape index (κ3) is 6.84. The van der Waals surface area contributed by atoms with Gasteiger partial charge >= 0.3 is 6.47 Å². The van der Waals surface area contributed by atoms with Crippen LogP contribution in [0, 0.1) is 5.92 Å². The molecule has 3 heterocycles. The highest BCUT2D eigenvalue weighted by Gasteiger charge is 2.52. The maximum Gasteiger partial charge on any atom is 0.318 e. The molecule has 2 bridgehead atoms. The highest BCUT2D eigenvalue weighted by atomic mass is 32.2. The molecule has 0 amide bonds. The zero-order valence-corrected chi connectivity index (χ0v) is 21.0. The minimum Gasteiger partial charge on any atom is -0.595 e. The highest BCUT2D eigenvalue weighted by molar-refractivity contribution is 7.99. The molecule has 0 spiro atoms. The van der Waals surface area contributed by atoms with Gasteiger partial charge in [0.1, 0.15) is 40.6 Å². The van der Waals surface area contributed by atoms with Crippen molar-refractivity contribution in [2.75, 3.05) is 38.6 Å². The molecule has 0 radical (unpaired) electrons. The van der Waals surface area contributed by atoms with Gasteiger partial charge in [0.2, 0.25) is 0 Å². The lowest BCUT2D eigenvalue weighted by Gasteiger charge is -2.45. The van der Waals surface area contributed by atoms with Crippen LogP contribution in [0.25, 0.3) is 0 Å². The number of carbonyl (C=O) groups excluding carboxylic acids is 1. The van der Waals surface area contributed by atoms with Crippen molar-refractivity contribution in [1.29, 1.82) is 0 Å². The quantitative estimate of drug-likeness (QED) is 0.188. The number of nitrogens with zero attached hydrogens (tertiary/aromatic N) is 2. The number of hydrogen-bond acceptors (Lipinski definition) is 11. The molecule has 3 rings (SSSR count). The predicted octanol–water partition coefficient (Wildman–Crippen LogP) is -0.344. The van der Waals surface area contributed by atoms with Crippen LogP contribution < -0.4 is 0 Å². The summed E-state index contributed by atoms with van der Waals surface area (Å²) in [4.78, 5) is 18.7. The molecule has 2 saturated heterocycles. The molecular formula is C21H36N2O8S2. The second-order valence-electron chi connectivity index (χ2n) is 9.53. The van der Waals surface area contributed by atoms with Gasteiger partial charge in [-0.05, 0) is 33.1 Å². The van der Waals surface area contributed by atoms with E-state index in [0.717, 1.165) is 24.1 Å². The van der Waals surface area contributed by atoms with E-state index in [4.69, 9.17) is 14.3 Å². The first-order valence-electron chi connectivity index (χ1n) is 11.2. The van der Waals surface area contributed by atoms with Crippen molar-refractivity contribution in [3.05, 3.63) is 12.2 Å². The van der Waals surface area contributed by atoms with Crippen LogP contribution in [0.3, 0.4) is 0 Å². The number of hydrogen-bond donors (Lipinski definition) is 3. The summed E-state index contributed by atoms with van der Waals surface area (Å²) in [7, 11) is 0. The molecule has 2 fully saturated rings. The summed E-state index contributed by atoms with van der Waals surface area (Å²) in [5, 5.41) is 31.8. The number of aliphatic hydroxyl groups is 3. The van der Waals surface area contributed by atoms with E-state index in [1.165, 1.54) is 11.8 Å². The van der Waals surface area contributed by atoms with E-state index in [1.54, 1.807) is 20.8 Å². The molecule has 0 saturated carbocycles. The number of rotatable bonds is 6. The fourth-order valence-electron chi connectivity index (χ4n) is 4.14. The van der Waals surface area contributed by atoms with Crippen LogP contribution in [0.15, 0.2) is 12.2 Å². The molecule has 0 aromatic carbocycles. The molecule has 0 unspecified atom stereocenters. The molecule has 0 aromatic heterocycles. The first-order chi connectivity index (χ1) is 15.6. The second-order valence-corrected chi connectivity index (χ2v) is 12.7. The summed E-state index contributed by atoms with van der Waals surface area (Å²) in [6.45, 7) is 9.31. The molecule has 3 aliphatic heterocycles. The Hall–Kier alpha value is -0.410. The summed E-state index contributed by atoms with van der Waals surface area (Å²) < 4.78 is 25.0.